The van der Waals surface area contributed by atoms with Gasteiger partial charge in [-0.05, 0) is 18.9 Å². The molecular formula is C16H26IN3S. The summed E-state index contributed by atoms with van der Waals surface area (Å²) < 4.78 is 0. The Morgan fingerprint density at radius 2 is 2.29 bits per heavy atom. The molecule has 0 amide bonds. The molecule has 1 aromatic rings. The Bertz CT molecular complexity index is 465. The van der Waals surface area contributed by atoms with Crippen LogP contribution in [-0.4, -0.2) is 42.0 Å². The molecule has 0 aromatic heterocycles. The monoisotopic (exact) mass is 419 g/mol. The number of rotatable bonds is 3. The Morgan fingerprint density at radius 3 is 2.95 bits per heavy atom. The first-order valence-electron chi connectivity index (χ1n) is 7.35. The summed E-state index contributed by atoms with van der Waals surface area (Å²) in [5, 5.41) is 4.23. The predicted molar refractivity (Wildman–Crippen MR) is 105 cm³/mol. The Labute approximate surface area is 150 Å². The van der Waals surface area contributed by atoms with Gasteiger partial charge in [0, 0.05) is 37.7 Å². The molecule has 0 saturated carbocycles. The Balaban J connectivity index is 0.00000220. The number of hydrogen-bond acceptors (Lipinski definition) is 2. The molecule has 1 N–H and O–H groups in total. The van der Waals surface area contributed by atoms with E-state index in [1.54, 1.807) is 0 Å². The predicted octanol–water partition coefficient (Wildman–Crippen LogP) is 3.52. The van der Waals surface area contributed by atoms with Gasteiger partial charge in [0.2, 0.25) is 0 Å². The fourth-order valence-corrected chi connectivity index (χ4v) is 3.67. The van der Waals surface area contributed by atoms with Gasteiger partial charge >= 0.3 is 0 Å². The lowest BCUT2D eigenvalue weighted by Gasteiger charge is -2.34. The number of nitrogens with zero attached hydrogens (tertiary/aromatic N) is 2. The van der Waals surface area contributed by atoms with Crippen molar-refractivity contribution in [3.8, 4) is 0 Å². The van der Waals surface area contributed by atoms with Crippen molar-refractivity contribution in [2.24, 2.45) is 4.99 Å². The van der Waals surface area contributed by atoms with E-state index in [0.29, 0.717) is 0 Å². The number of thioether (sulfide) groups is 1. The summed E-state index contributed by atoms with van der Waals surface area (Å²) in [5.41, 5.74) is 2.62. The van der Waals surface area contributed by atoms with Gasteiger partial charge in [-0.3, -0.25) is 4.99 Å². The van der Waals surface area contributed by atoms with Gasteiger partial charge in [-0.15, -0.1) is 24.0 Å². The van der Waals surface area contributed by atoms with Gasteiger partial charge < -0.3 is 10.2 Å². The summed E-state index contributed by atoms with van der Waals surface area (Å²) in [6, 6.07) is 8.63. The molecule has 118 valence electrons. The molecule has 1 aromatic carbocycles. The van der Waals surface area contributed by atoms with Crippen LogP contribution in [0.25, 0.3) is 0 Å². The standard InChI is InChI=1S/C16H25N3S.HI/c1-4-15-12-19(8-9-20-15)16(17-3)18-11-14-7-5-6-13(2)10-14;/h5-7,10,15H,4,8-9,11-12H2,1-3H3,(H,17,18);1H. The normalized spacial score (nSPS) is 19.1. The van der Waals surface area contributed by atoms with Crippen LogP contribution in [0.2, 0.25) is 0 Å². The molecule has 1 aliphatic heterocycles. The van der Waals surface area contributed by atoms with Crippen molar-refractivity contribution in [2.45, 2.75) is 32.1 Å². The maximum absolute atomic E-state index is 4.44. The number of hydrogen-bond donors (Lipinski definition) is 1. The first kappa shape index (κ1) is 18.6. The van der Waals surface area contributed by atoms with Crippen molar-refractivity contribution in [1.29, 1.82) is 0 Å². The van der Waals surface area contributed by atoms with E-state index in [-0.39, 0.29) is 24.0 Å². The van der Waals surface area contributed by atoms with Crippen LogP contribution in [0, 0.1) is 6.92 Å². The van der Waals surface area contributed by atoms with Crippen LogP contribution in [0.3, 0.4) is 0 Å². The molecule has 0 radical (unpaired) electrons. The topological polar surface area (TPSA) is 27.6 Å². The quantitative estimate of drug-likeness (QED) is 0.462. The first-order valence-corrected chi connectivity index (χ1v) is 8.40. The molecule has 0 spiro atoms. The van der Waals surface area contributed by atoms with Gasteiger partial charge in [0.15, 0.2) is 5.96 Å². The lowest BCUT2D eigenvalue weighted by Crippen LogP contribution is -2.47. The molecule has 1 aliphatic rings. The van der Waals surface area contributed by atoms with Gasteiger partial charge in [0.25, 0.3) is 0 Å². The van der Waals surface area contributed by atoms with E-state index in [1.807, 2.05) is 7.05 Å². The molecule has 1 heterocycles. The van der Waals surface area contributed by atoms with E-state index in [4.69, 9.17) is 0 Å². The van der Waals surface area contributed by atoms with E-state index in [1.165, 1.54) is 23.3 Å². The Morgan fingerprint density at radius 1 is 1.48 bits per heavy atom. The average Bonchev–Trinajstić information content (AvgIpc) is 2.48. The van der Waals surface area contributed by atoms with Crippen LogP contribution >= 0.6 is 35.7 Å². The number of halogens is 1. The van der Waals surface area contributed by atoms with E-state index >= 15 is 0 Å². The summed E-state index contributed by atoms with van der Waals surface area (Å²) in [7, 11) is 1.88. The minimum absolute atomic E-state index is 0. The minimum Gasteiger partial charge on any atom is -0.352 e. The number of guanidine groups is 1. The highest BCUT2D eigenvalue weighted by molar-refractivity contribution is 14.0. The zero-order valence-corrected chi connectivity index (χ0v) is 16.3. The summed E-state index contributed by atoms with van der Waals surface area (Å²) in [6.07, 6.45) is 1.23. The molecule has 1 saturated heterocycles. The summed E-state index contributed by atoms with van der Waals surface area (Å²) in [4.78, 5) is 6.83. The highest BCUT2D eigenvalue weighted by atomic mass is 127. The number of aliphatic imine (C=N–C) groups is 1. The maximum atomic E-state index is 4.44. The van der Waals surface area contributed by atoms with Gasteiger partial charge in [-0.1, -0.05) is 36.8 Å². The van der Waals surface area contributed by atoms with E-state index in [9.17, 15) is 0 Å². The van der Waals surface area contributed by atoms with Gasteiger partial charge in [-0.25, -0.2) is 0 Å². The average molecular weight is 419 g/mol. The van der Waals surface area contributed by atoms with Crippen molar-refractivity contribution in [3.63, 3.8) is 0 Å². The molecule has 0 bridgehead atoms. The molecule has 1 unspecified atom stereocenters. The van der Waals surface area contributed by atoms with Crippen molar-refractivity contribution in [3.05, 3.63) is 35.4 Å². The van der Waals surface area contributed by atoms with E-state index < -0.39 is 0 Å². The molecule has 1 atom stereocenters. The fourth-order valence-electron chi connectivity index (χ4n) is 2.49. The highest BCUT2D eigenvalue weighted by Gasteiger charge is 2.21. The SMILES string of the molecule is CCC1CN(C(=NC)NCc2cccc(C)c2)CCS1.I. The number of benzene rings is 1. The lowest BCUT2D eigenvalue weighted by atomic mass is 10.1. The van der Waals surface area contributed by atoms with Gasteiger partial charge in [0.1, 0.15) is 0 Å². The van der Waals surface area contributed by atoms with Crippen LogP contribution in [0.15, 0.2) is 29.3 Å². The van der Waals surface area contributed by atoms with Crippen LogP contribution in [0.1, 0.15) is 24.5 Å². The largest absolute Gasteiger partial charge is 0.352 e. The van der Waals surface area contributed by atoms with Crippen LogP contribution in [0.5, 0.6) is 0 Å². The van der Waals surface area contributed by atoms with Crippen molar-refractivity contribution in [2.75, 3.05) is 25.9 Å². The third-order valence-electron chi connectivity index (χ3n) is 3.64. The second-order valence-corrected chi connectivity index (χ2v) is 6.65. The number of nitrogens with one attached hydrogen (secondary N) is 1. The lowest BCUT2D eigenvalue weighted by molar-refractivity contribution is 0.408. The molecule has 1 fully saturated rings. The summed E-state index contributed by atoms with van der Waals surface area (Å²) in [6.45, 7) is 7.44. The zero-order valence-electron chi connectivity index (χ0n) is 13.1. The molecule has 21 heavy (non-hydrogen) atoms. The summed E-state index contributed by atoms with van der Waals surface area (Å²) >= 11 is 2.09. The fraction of sp³-hybridized carbons (Fsp3) is 0.562. The molecular weight excluding hydrogens is 393 g/mol. The zero-order chi connectivity index (χ0) is 14.4. The Hall–Kier alpha value is -0.430. The van der Waals surface area contributed by atoms with Crippen molar-refractivity contribution in [1.82, 2.24) is 10.2 Å². The molecule has 2 rings (SSSR count). The summed E-state index contributed by atoms with van der Waals surface area (Å²) in [5.74, 6) is 2.23. The minimum atomic E-state index is 0. The first-order chi connectivity index (χ1) is 9.72. The third-order valence-corrected chi connectivity index (χ3v) is 5.01. The third kappa shape index (κ3) is 5.70. The van der Waals surface area contributed by atoms with Gasteiger partial charge in [0.05, 0.1) is 0 Å². The van der Waals surface area contributed by atoms with Crippen LogP contribution in [0.4, 0.5) is 0 Å². The van der Waals surface area contributed by atoms with Crippen molar-refractivity contribution >= 4 is 41.7 Å². The second kappa shape index (κ2) is 9.56. The smallest absolute Gasteiger partial charge is 0.193 e. The van der Waals surface area contributed by atoms with Crippen LogP contribution in [-0.2, 0) is 6.54 Å². The van der Waals surface area contributed by atoms with Crippen LogP contribution < -0.4 is 5.32 Å². The Kier molecular flexibility index (Phi) is 8.48. The second-order valence-electron chi connectivity index (χ2n) is 5.24. The van der Waals surface area contributed by atoms with E-state index in [2.05, 4.69) is 65.1 Å². The molecule has 0 aliphatic carbocycles. The maximum Gasteiger partial charge on any atom is 0.193 e. The number of aryl methyl sites for hydroxylation is 1. The molecule has 3 nitrogen and oxygen atoms in total. The highest BCUT2D eigenvalue weighted by Crippen LogP contribution is 2.21. The van der Waals surface area contributed by atoms with E-state index in [0.717, 1.165) is 30.8 Å². The van der Waals surface area contributed by atoms with Crippen molar-refractivity contribution < 1.29 is 0 Å². The van der Waals surface area contributed by atoms with Gasteiger partial charge in [-0.2, -0.15) is 11.8 Å². The molecule has 5 heteroatoms.